The van der Waals surface area contributed by atoms with Gasteiger partial charge in [0.2, 0.25) is 5.91 Å². The topological polar surface area (TPSA) is 52.2 Å². The van der Waals surface area contributed by atoms with Crippen molar-refractivity contribution in [1.82, 2.24) is 19.8 Å². The van der Waals surface area contributed by atoms with Gasteiger partial charge in [0.1, 0.15) is 5.82 Å². The summed E-state index contributed by atoms with van der Waals surface area (Å²) in [5.74, 6) is 1.17. The van der Waals surface area contributed by atoms with E-state index in [-0.39, 0.29) is 5.91 Å². The highest BCUT2D eigenvalue weighted by molar-refractivity contribution is 5.75. The summed E-state index contributed by atoms with van der Waals surface area (Å²) in [6.07, 6.45) is 0. The predicted octanol–water partition coefficient (Wildman–Crippen LogP) is 1.54. The van der Waals surface area contributed by atoms with Gasteiger partial charge in [-0.3, -0.25) is 9.69 Å². The summed E-state index contributed by atoms with van der Waals surface area (Å²) < 4.78 is 0. The van der Waals surface area contributed by atoms with Crippen LogP contribution >= 0.6 is 0 Å². The fraction of sp³-hybridized carbons (Fsp3) is 0.467. The summed E-state index contributed by atoms with van der Waals surface area (Å²) in [6.45, 7) is 7.99. The van der Waals surface area contributed by atoms with Crippen LogP contribution in [0, 0.1) is 6.92 Å². The molecule has 5 heteroatoms. The van der Waals surface area contributed by atoms with E-state index in [0.29, 0.717) is 0 Å². The molecule has 2 aromatic rings. The first kappa shape index (κ1) is 13.1. The molecular formula is C15H20N4O. The molecule has 0 unspecified atom stereocenters. The second kappa shape index (κ2) is 5.25. The zero-order valence-corrected chi connectivity index (χ0v) is 12.0. The number of rotatable bonds is 2. The summed E-state index contributed by atoms with van der Waals surface area (Å²) in [7, 11) is 0. The molecular weight excluding hydrogens is 252 g/mol. The standard InChI is InChI=1S/C15H20N4O/c1-11-3-4-13-14(9-11)17-15(16-13)10-18-5-7-19(8-6-18)12(2)20/h3-4,9H,5-8,10H2,1-2H3,(H,16,17). The Balaban J connectivity index is 1.66. The molecule has 1 amide bonds. The van der Waals surface area contributed by atoms with Crippen molar-refractivity contribution in [2.24, 2.45) is 0 Å². The van der Waals surface area contributed by atoms with E-state index in [2.05, 4.69) is 40.0 Å². The Labute approximate surface area is 118 Å². The van der Waals surface area contributed by atoms with Crippen molar-refractivity contribution in [3.63, 3.8) is 0 Å². The van der Waals surface area contributed by atoms with E-state index in [0.717, 1.165) is 49.6 Å². The molecule has 1 aliphatic heterocycles. The minimum atomic E-state index is 0.170. The van der Waals surface area contributed by atoms with Gasteiger partial charge >= 0.3 is 0 Å². The highest BCUT2D eigenvalue weighted by atomic mass is 16.2. The summed E-state index contributed by atoms with van der Waals surface area (Å²) in [4.78, 5) is 23.5. The monoisotopic (exact) mass is 272 g/mol. The minimum Gasteiger partial charge on any atom is -0.341 e. The fourth-order valence-corrected chi connectivity index (χ4v) is 2.68. The van der Waals surface area contributed by atoms with E-state index in [1.165, 1.54) is 5.56 Å². The van der Waals surface area contributed by atoms with Crippen LogP contribution in [0.25, 0.3) is 11.0 Å². The van der Waals surface area contributed by atoms with Crippen molar-refractivity contribution in [2.75, 3.05) is 26.2 Å². The van der Waals surface area contributed by atoms with Crippen LogP contribution in [0.2, 0.25) is 0 Å². The van der Waals surface area contributed by atoms with Crippen molar-refractivity contribution < 1.29 is 4.79 Å². The number of aryl methyl sites for hydroxylation is 1. The van der Waals surface area contributed by atoms with Gasteiger partial charge in [-0.1, -0.05) is 6.07 Å². The van der Waals surface area contributed by atoms with Gasteiger partial charge in [0.05, 0.1) is 17.6 Å². The van der Waals surface area contributed by atoms with Crippen molar-refractivity contribution in [2.45, 2.75) is 20.4 Å². The second-order valence-electron chi connectivity index (χ2n) is 5.49. The lowest BCUT2D eigenvalue weighted by molar-refractivity contribution is -0.130. The van der Waals surface area contributed by atoms with E-state index in [9.17, 15) is 4.79 Å². The van der Waals surface area contributed by atoms with E-state index in [1.54, 1.807) is 6.92 Å². The van der Waals surface area contributed by atoms with Crippen molar-refractivity contribution in [3.05, 3.63) is 29.6 Å². The van der Waals surface area contributed by atoms with Gasteiger partial charge in [0, 0.05) is 33.1 Å². The number of benzene rings is 1. The summed E-state index contributed by atoms with van der Waals surface area (Å²) in [6, 6.07) is 6.26. The van der Waals surface area contributed by atoms with Crippen LogP contribution < -0.4 is 0 Å². The largest absolute Gasteiger partial charge is 0.341 e. The number of amides is 1. The molecule has 1 fully saturated rings. The lowest BCUT2D eigenvalue weighted by Gasteiger charge is -2.33. The molecule has 5 nitrogen and oxygen atoms in total. The first-order chi connectivity index (χ1) is 9.61. The van der Waals surface area contributed by atoms with Gasteiger partial charge in [-0.05, 0) is 24.6 Å². The maximum absolute atomic E-state index is 11.3. The van der Waals surface area contributed by atoms with Gasteiger partial charge in [-0.2, -0.15) is 0 Å². The highest BCUT2D eigenvalue weighted by Gasteiger charge is 2.19. The molecule has 1 aromatic heterocycles. The Morgan fingerprint density at radius 1 is 1.30 bits per heavy atom. The number of nitrogens with zero attached hydrogens (tertiary/aromatic N) is 3. The maximum atomic E-state index is 11.3. The zero-order chi connectivity index (χ0) is 14.1. The Hall–Kier alpha value is -1.88. The fourth-order valence-electron chi connectivity index (χ4n) is 2.68. The number of piperazine rings is 1. The third-order valence-electron chi connectivity index (χ3n) is 3.88. The SMILES string of the molecule is CC(=O)N1CCN(Cc2nc3ccc(C)cc3[nH]2)CC1. The van der Waals surface area contributed by atoms with Gasteiger partial charge in [-0.15, -0.1) is 0 Å². The predicted molar refractivity (Wildman–Crippen MR) is 78.4 cm³/mol. The molecule has 1 aliphatic rings. The normalized spacial score (nSPS) is 16.8. The molecule has 0 saturated carbocycles. The zero-order valence-electron chi connectivity index (χ0n) is 12.0. The van der Waals surface area contributed by atoms with Crippen molar-refractivity contribution >= 4 is 16.9 Å². The molecule has 1 N–H and O–H groups in total. The number of aromatic nitrogens is 2. The van der Waals surface area contributed by atoms with Crippen LogP contribution in [-0.4, -0.2) is 51.9 Å². The van der Waals surface area contributed by atoms with Gasteiger partial charge in [0.25, 0.3) is 0 Å². The first-order valence-corrected chi connectivity index (χ1v) is 7.05. The smallest absolute Gasteiger partial charge is 0.219 e. The summed E-state index contributed by atoms with van der Waals surface area (Å²) >= 11 is 0. The molecule has 3 rings (SSSR count). The van der Waals surface area contributed by atoms with Crippen LogP contribution in [0.15, 0.2) is 18.2 Å². The third-order valence-corrected chi connectivity index (χ3v) is 3.88. The molecule has 0 aliphatic carbocycles. The van der Waals surface area contributed by atoms with E-state index < -0.39 is 0 Å². The van der Waals surface area contributed by atoms with Crippen molar-refractivity contribution in [1.29, 1.82) is 0 Å². The molecule has 0 radical (unpaired) electrons. The number of carbonyl (C=O) groups excluding carboxylic acids is 1. The summed E-state index contributed by atoms with van der Waals surface area (Å²) in [5.41, 5.74) is 3.36. The lowest BCUT2D eigenvalue weighted by atomic mass is 10.2. The molecule has 20 heavy (non-hydrogen) atoms. The maximum Gasteiger partial charge on any atom is 0.219 e. The number of fused-ring (bicyclic) bond motifs is 1. The molecule has 0 spiro atoms. The molecule has 1 aromatic carbocycles. The summed E-state index contributed by atoms with van der Waals surface area (Å²) in [5, 5.41) is 0. The van der Waals surface area contributed by atoms with E-state index in [1.807, 2.05) is 4.90 Å². The number of hydrogen-bond acceptors (Lipinski definition) is 3. The van der Waals surface area contributed by atoms with Crippen LogP contribution in [-0.2, 0) is 11.3 Å². The third kappa shape index (κ3) is 2.67. The lowest BCUT2D eigenvalue weighted by Crippen LogP contribution is -2.47. The number of hydrogen-bond donors (Lipinski definition) is 1. The Bertz CT molecular complexity index is 626. The molecule has 0 bridgehead atoms. The number of imidazole rings is 1. The van der Waals surface area contributed by atoms with E-state index in [4.69, 9.17) is 0 Å². The van der Waals surface area contributed by atoms with Gasteiger partial charge in [-0.25, -0.2) is 4.98 Å². The first-order valence-electron chi connectivity index (χ1n) is 7.05. The van der Waals surface area contributed by atoms with Crippen LogP contribution in [0.1, 0.15) is 18.3 Å². The average molecular weight is 272 g/mol. The average Bonchev–Trinajstić information content (AvgIpc) is 2.80. The minimum absolute atomic E-state index is 0.170. The number of carbonyl (C=O) groups is 1. The highest BCUT2D eigenvalue weighted by Crippen LogP contribution is 2.15. The Kier molecular flexibility index (Phi) is 3.44. The van der Waals surface area contributed by atoms with Gasteiger partial charge in [0.15, 0.2) is 0 Å². The molecule has 106 valence electrons. The van der Waals surface area contributed by atoms with Gasteiger partial charge < -0.3 is 9.88 Å². The number of H-pyrrole nitrogens is 1. The second-order valence-corrected chi connectivity index (χ2v) is 5.49. The van der Waals surface area contributed by atoms with Crippen LogP contribution in [0.5, 0.6) is 0 Å². The Morgan fingerprint density at radius 2 is 2.05 bits per heavy atom. The molecule has 2 heterocycles. The van der Waals surface area contributed by atoms with Crippen LogP contribution in [0.4, 0.5) is 0 Å². The molecule has 1 saturated heterocycles. The van der Waals surface area contributed by atoms with Crippen molar-refractivity contribution in [3.8, 4) is 0 Å². The number of nitrogens with one attached hydrogen (secondary N) is 1. The van der Waals surface area contributed by atoms with E-state index >= 15 is 0 Å². The quantitative estimate of drug-likeness (QED) is 0.902. The number of aromatic amines is 1. The Morgan fingerprint density at radius 3 is 2.75 bits per heavy atom. The molecule has 0 atom stereocenters. The van der Waals surface area contributed by atoms with Crippen LogP contribution in [0.3, 0.4) is 0 Å².